The molecule has 7 aliphatic rings. The van der Waals surface area contributed by atoms with Crippen molar-refractivity contribution in [2.45, 2.75) is 170 Å². The Hall–Kier alpha value is -8.40. The number of carboxylic acids is 1. The van der Waals surface area contributed by atoms with Gasteiger partial charge in [-0.1, -0.05) is 55.2 Å². The van der Waals surface area contributed by atoms with E-state index >= 15 is 19.2 Å². The molecule has 2 saturated heterocycles. The van der Waals surface area contributed by atoms with Gasteiger partial charge < -0.3 is 107 Å². The molecule has 11 bridgehead atoms. The summed E-state index contributed by atoms with van der Waals surface area (Å²) in [6.45, 7) is 5.79. The molecule has 29 nitrogen and oxygen atoms in total. The number of aromatic hydroxyl groups is 3. The first kappa shape index (κ1) is 75.3. The maximum absolute atomic E-state index is 16.1. The van der Waals surface area contributed by atoms with Gasteiger partial charge in [0, 0.05) is 54.8 Å². The van der Waals surface area contributed by atoms with E-state index in [0.29, 0.717) is 0 Å². The van der Waals surface area contributed by atoms with Gasteiger partial charge in [0.05, 0.1) is 83.2 Å². The number of ether oxygens (including phenoxy) is 6. The van der Waals surface area contributed by atoms with Crippen molar-refractivity contribution in [3.8, 4) is 57.1 Å². The molecule has 18 atom stereocenters. The van der Waals surface area contributed by atoms with Gasteiger partial charge in [-0.3, -0.25) is 38.4 Å². The molecule has 17 N–H and O–H groups in total. The van der Waals surface area contributed by atoms with Gasteiger partial charge in [-0.25, -0.2) is 0 Å². The molecule has 0 spiro atoms. The molecule has 31 heteroatoms. The molecule has 6 aliphatic heterocycles. The van der Waals surface area contributed by atoms with E-state index in [2.05, 4.69) is 16.0 Å². The number of aliphatic hydroxyl groups is 6. The van der Waals surface area contributed by atoms with E-state index in [4.69, 9.17) is 63.1 Å². The second kappa shape index (κ2) is 30.7. The van der Waals surface area contributed by atoms with Crippen molar-refractivity contribution in [3.63, 3.8) is 0 Å². The van der Waals surface area contributed by atoms with Gasteiger partial charge in [0.1, 0.15) is 58.9 Å². The number of carboxylic acid groups (broad SMARTS) is 1. The number of halogens is 2. The van der Waals surface area contributed by atoms with Crippen LogP contribution in [0.5, 0.6) is 46.0 Å². The number of carbonyl (C=O) groups excluding carboxylic acids is 7. The van der Waals surface area contributed by atoms with Crippen molar-refractivity contribution in [3.05, 3.63) is 117 Å². The van der Waals surface area contributed by atoms with Crippen LogP contribution in [-0.4, -0.2) is 178 Å². The molecule has 12 rings (SSSR count). The second-order valence-corrected chi connectivity index (χ2v) is 27.7. The van der Waals surface area contributed by atoms with E-state index in [-0.39, 0.29) is 68.1 Å². The Balaban J connectivity index is 1.24. The number of benzene rings is 5. The molecule has 0 unspecified atom stereocenters. The van der Waals surface area contributed by atoms with Gasteiger partial charge in [-0.2, -0.15) is 0 Å². The number of phenols is 3. The minimum absolute atomic E-state index is 0.0433. The van der Waals surface area contributed by atoms with Crippen molar-refractivity contribution >= 4 is 70.0 Å². The molecule has 2 fully saturated rings. The highest BCUT2D eigenvalue weighted by molar-refractivity contribution is 6.32. The molecule has 1 aliphatic carbocycles. The van der Waals surface area contributed by atoms with Gasteiger partial charge in [0.15, 0.2) is 41.2 Å². The molecule has 542 valence electrons. The standard InChI is InChI=1S/C70H79Cl2N5O24/c1-27(2)12-42(75-5)46(82)23-39-60(88)31-8-11-51(41(72)15-31)98-53-17-32-16-52(63(53)101-69-64(62(90)61(89)54(26-78)99-69)100-56-25-70(4,74)65(91)28(3)96-56)97-50-10-7-30(14-40(50)71)59(87)38-22-49(85)58(77-66(92)34(32)20-47(83)43(24-55(73)86)76-67(39)93)29-6-9-44(80)37(13-29)57-35(18-33(79)19-48(57)84)36(68(94)95)21-45(38)81/h6-11,13-19,27-28,34,36,38-39,42-43,54,56,58-62,64-65,69,75,78-80,84,87-91H,12,20-26,74H2,1-5H3,(H2,73,86)(H,76,93)(H,77,92)(H,94,95)/t28-,34+,36-,38+,39+,42+,43-,54+,56-,58+,59+,60+,61+,62-,64+,65+,69-,70-/m0/s1. The number of primary amides is 1. The molecule has 3 amide bonds. The van der Waals surface area contributed by atoms with E-state index in [1.165, 1.54) is 51.2 Å². The first-order chi connectivity index (χ1) is 47.7. The Kier molecular flexibility index (Phi) is 22.8. The van der Waals surface area contributed by atoms with Crippen LogP contribution in [0.25, 0.3) is 11.1 Å². The molecule has 101 heavy (non-hydrogen) atoms. The Morgan fingerprint density at radius 2 is 1.37 bits per heavy atom. The summed E-state index contributed by atoms with van der Waals surface area (Å²) in [5.41, 5.74) is 8.90. The normalized spacial score (nSPS) is 29.7. The molecular weight excluding hydrogens is 1370 g/mol. The summed E-state index contributed by atoms with van der Waals surface area (Å²) in [5.74, 6) is -21.2. The quantitative estimate of drug-likeness (QED) is 0.0745. The number of hydrogen-bond donors (Lipinski definition) is 15. The fourth-order valence-electron chi connectivity index (χ4n) is 13.5. The molecule has 0 radical (unpaired) electrons. The third-order valence-corrected chi connectivity index (χ3v) is 19.6. The van der Waals surface area contributed by atoms with Gasteiger partial charge >= 0.3 is 5.97 Å². The Morgan fingerprint density at radius 3 is 1.95 bits per heavy atom. The highest BCUT2D eigenvalue weighted by Crippen LogP contribution is 2.51. The SMILES string of the molecule is CN[C@H](CC(C)C)C(=O)C[C@H]1C(=O)N[C@@H](CC(N)=O)C(=O)C[C@H]2C(=O)N[C@H]3C(=O)C[C@H](C(=O)C[C@H](C(=O)O)c4cc(O)cc(O)c4-c4cc3ccc4O)[C@H](O)c3ccc(c(Cl)c3)Oc3cc2cc(c3O[C@@H]2O[C@H](CO)[C@@H](O)[C@H](O)[C@H]2O[C@H]2C[C@](C)(N)[C@H](O)[C@H](C)O2)Oc2ccc(cc2Cl)[C@H]1O. The first-order valence-corrected chi connectivity index (χ1v) is 33.3. The molecular formula is C70H79Cl2N5O24. The highest BCUT2D eigenvalue weighted by atomic mass is 35.5. The predicted molar refractivity (Wildman–Crippen MR) is 355 cm³/mol. The van der Waals surface area contributed by atoms with E-state index in [9.17, 15) is 70.2 Å². The summed E-state index contributed by atoms with van der Waals surface area (Å²) < 4.78 is 38.5. The lowest BCUT2D eigenvalue weighted by Gasteiger charge is -2.47. The van der Waals surface area contributed by atoms with E-state index in [0.717, 1.165) is 48.5 Å². The zero-order valence-electron chi connectivity index (χ0n) is 55.2. The van der Waals surface area contributed by atoms with E-state index in [1.54, 1.807) is 0 Å². The summed E-state index contributed by atoms with van der Waals surface area (Å²) in [6.07, 6.45) is -21.6. The van der Waals surface area contributed by atoms with Crippen molar-refractivity contribution in [1.29, 1.82) is 0 Å². The molecule has 5 aromatic rings. The minimum atomic E-state index is -2.05. The van der Waals surface area contributed by atoms with Gasteiger partial charge in [0.2, 0.25) is 29.8 Å². The van der Waals surface area contributed by atoms with E-state index < -0.39 is 240 Å². The lowest BCUT2D eigenvalue weighted by Crippen LogP contribution is -2.64. The van der Waals surface area contributed by atoms with Crippen LogP contribution in [-0.2, 0) is 52.6 Å². The fourth-order valence-corrected chi connectivity index (χ4v) is 14.0. The highest BCUT2D eigenvalue weighted by Gasteiger charge is 2.52. The first-order valence-electron chi connectivity index (χ1n) is 32.5. The number of nitrogens with one attached hydrogen (secondary N) is 3. The van der Waals surface area contributed by atoms with Crippen LogP contribution >= 0.6 is 23.2 Å². The summed E-state index contributed by atoms with van der Waals surface area (Å²) in [6, 6.07) is 9.73. The smallest absolute Gasteiger partial charge is 0.311 e. The fraction of sp³-hybridized carbons (Fsp3) is 0.457. The van der Waals surface area contributed by atoms with Gasteiger partial charge in [-0.05, 0) is 116 Å². The third-order valence-electron chi connectivity index (χ3n) is 19.0. The minimum Gasteiger partial charge on any atom is -0.508 e. The third kappa shape index (κ3) is 16.1. The van der Waals surface area contributed by atoms with Crippen LogP contribution in [0.2, 0.25) is 10.0 Å². The summed E-state index contributed by atoms with van der Waals surface area (Å²) in [4.78, 5) is 118. The number of aliphatic hydroxyl groups excluding tert-OH is 6. The largest absolute Gasteiger partial charge is 0.508 e. The number of carbonyl (C=O) groups is 8. The number of phenolic OH excluding ortho intramolecular Hbond substituents is 3. The lowest BCUT2D eigenvalue weighted by atomic mass is 9.78. The number of nitrogens with two attached hydrogens (primary N) is 2. The number of rotatable bonds is 14. The van der Waals surface area contributed by atoms with Crippen molar-refractivity contribution in [1.82, 2.24) is 16.0 Å². The average molecular weight is 1450 g/mol. The van der Waals surface area contributed by atoms with Crippen LogP contribution in [0.3, 0.4) is 0 Å². The number of Topliss-reactive ketones (excluding diaryl/α,β-unsaturated/α-hetero) is 4. The Morgan fingerprint density at radius 1 is 0.733 bits per heavy atom. The van der Waals surface area contributed by atoms with Crippen LogP contribution in [0.1, 0.15) is 131 Å². The lowest BCUT2D eigenvalue weighted by molar-refractivity contribution is -0.333. The van der Waals surface area contributed by atoms with Crippen LogP contribution in [0, 0.1) is 17.8 Å². The summed E-state index contributed by atoms with van der Waals surface area (Å²) >= 11 is 14.2. The molecule has 6 heterocycles. The van der Waals surface area contributed by atoms with Crippen LogP contribution in [0.15, 0.2) is 78.9 Å². The number of amides is 3. The zero-order valence-corrected chi connectivity index (χ0v) is 56.7. The van der Waals surface area contributed by atoms with Crippen LogP contribution in [0.4, 0.5) is 0 Å². The predicted octanol–water partition coefficient (Wildman–Crippen LogP) is 4.06. The number of fused-ring (bicyclic) bond motifs is 15. The zero-order chi connectivity index (χ0) is 73.5. The number of likely N-dealkylation sites (N-methyl/N-ethyl adjacent to an activating group) is 1. The van der Waals surface area contributed by atoms with E-state index in [1.807, 2.05) is 13.8 Å². The second-order valence-electron chi connectivity index (χ2n) is 26.9. The monoisotopic (exact) mass is 1440 g/mol. The van der Waals surface area contributed by atoms with Crippen molar-refractivity contribution in [2.75, 3.05) is 13.7 Å². The summed E-state index contributed by atoms with van der Waals surface area (Å²) in [5, 5.41) is 122. The number of ketones is 4. The number of aliphatic carboxylic acids is 1. The van der Waals surface area contributed by atoms with Gasteiger partial charge in [0.25, 0.3) is 0 Å². The molecule has 0 aromatic heterocycles. The Bertz CT molecular complexity index is 4060. The summed E-state index contributed by atoms with van der Waals surface area (Å²) in [7, 11) is 1.53. The molecule has 0 saturated carbocycles. The average Bonchev–Trinajstić information content (AvgIpc) is 0.775. The van der Waals surface area contributed by atoms with Crippen molar-refractivity contribution in [2.24, 2.45) is 29.2 Å². The van der Waals surface area contributed by atoms with Crippen LogP contribution < -0.4 is 41.6 Å². The Labute approximate surface area is 587 Å². The van der Waals surface area contributed by atoms with Crippen molar-refractivity contribution < 1.29 is 118 Å². The maximum atomic E-state index is 16.1. The topological polar surface area (TPSA) is 482 Å². The van der Waals surface area contributed by atoms with Gasteiger partial charge in [-0.15, -0.1) is 0 Å². The number of hydrogen-bond acceptors (Lipinski definition) is 25. The molecule has 5 aromatic carbocycles. The maximum Gasteiger partial charge on any atom is 0.311 e.